The van der Waals surface area contributed by atoms with Crippen LogP contribution in [0, 0.1) is 0 Å². The van der Waals surface area contributed by atoms with Gasteiger partial charge in [0, 0.05) is 0 Å². The van der Waals surface area contributed by atoms with Crippen LogP contribution in [-0.2, 0) is 9.53 Å². The quantitative estimate of drug-likeness (QED) is 0.452. The number of rotatable bonds is 11. The summed E-state index contributed by atoms with van der Waals surface area (Å²) in [6, 6.07) is 0. The lowest BCUT2D eigenvalue weighted by molar-refractivity contribution is -0.157. The molecule has 0 rings (SSSR count). The molecule has 18 heavy (non-hydrogen) atoms. The monoisotopic (exact) mass is 258 g/mol. The van der Waals surface area contributed by atoms with E-state index >= 15 is 0 Å². The van der Waals surface area contributed by atoms with Crippen LogP contribution in [0.5, 0.6) is 0 Å². The number of hydrogen-bond acceptors (Lipinski definition) is 3. The summed E-state index contributed by atoms with van der Waals surface area (Å²) in [6.45, 7) is 5.81. The molecule has 0 heterocycles. The van der Waals surface area contributed by atoms with Crippen molar-refractivity contribution in [1.82, 2.24) is 0 Å². The van der Waals surface area contributed by atoms with Gasteiger partial charge in [0.05, 0.1) is 6.10 Å². The van der Waals surface area contributed by atoms with Gasteiger partial charge in [0.1, 0.15) is 0 Å². The molecule has 0 radical (unpaired) electrons. The first-order valence-electron chi connectivity index (χ1n) is 7.46. The van der Waals surface area contributed by atoms with Crippen molar-refractivity contribution in [3.05, 3.63) is 0 Å². The molecule has 3 nitrogen and oxygen atoms in total. The number of esters is 1. The van der Waals surface area contributed by atoms with Gasteiger partial charge in [-0.3, -0.25) is 0 Å². The zero-order valence-electron chi connectivity index (χ0n) is 12.3. The molecule has 0 saturated carbocycles. The number of ether oxygens (including phenoxy) is 1. The predicted octanol–water partition coefficient (Wildman–Crippen LogP) is 3.83. The Balaban J connectivity index is 3.34. The van der Waals surface area contributed by atoms with Gasteiger partial charge in [-0.05, 0) is 20.3 Å². The molecular weight excluding hydrogens is 228 g/mol. The van der Waals surface area contributed by atoms with E-state index in [0.29, 0.717) is 6.42 Å². The summed E-state index contributed by atoms with van der Waals surface area (Å²) in [5.74, 6) is -0.479. The van der Waals surface area contributed by atoms with Crippen molar-refractivity contribution in [3.63, 3.8) is 0 Å². The topological polar surface area (TPSA) is 46.5 Å². The molecule has 0 aromatic rings. The average molecular weight is 258 g/mol. The first-order chi connectivity index (χ1) is 8.57. The van der Waals surface area contributed by atoms with Crippen LogP contribution in [0.4, 0.5) is 0 Å². The largest absolute Gasteiger partial charge is 0.461 e. The SMILES string of the molecule is CCCCCCCCCC[C@H](O)C(=O)OC(C)C. The van der Waals surface area contributed by atoms with E-state index in [0.717, 1.165) is 12.8 Å². The van der Waals surface area contributed by atoms with Crippen molar-refractivity contribution in [2.24, 2.45) is 0 Å². The lowest BCUT2D eigenvalue weighted by atomic mass is 10.1. The van der Waals surface area contributed by atoms with Gasteiger partial charge in [-0.25, -0.2) is 4.79 Å². The zero-order valence-corrected chi connectivity index (χ0v) is 12.3. The number of carbonyl (C=O) groups excluding carboxylic acids is 1. The Labute approximate surface area is 112 Å². The van der Waals surface area contributed by atoms with Crippen molar-refractivity contribution in [2.45, 2.75) is 90.8 Å². The van der Waals surface area contributed by atoms with Crippen molar-refractivity contribution < 1.29 is 14.6 Å². The molecule has 0 amide bonds. The highest BCUT2D eigenvalue weighted by Gasteiger charge is 2.16. The Morgan fingerprint density at radius 1 is 1.00 bits per heavy atom. The predicted molar refractivity (Wildman–Crippen MR) is 74.5 cm³/mol. The second-order valence-electron chi connectivity index (χ2n) is 5.26. The van der Waals surface area contributed by atoms with Crippen LogP contribution in [0.1, 0.15) is 78.6 Å². The van der Waals surface area contributed by atoms with Gasteiger partial charge < -0.3 is 9.84 Å². The van der Waals surface area contributed by atoms with Gasteiger partial charge in [0.15, 0.2) is 6.10 Å². The maximum Gasteiger partial charge on any atom is 0.335 e. The van der Waals surface area contributed by atoms with Crippen molar-refractivity contribution in [2.75, 3.05) is 0 Å². The standard InChI is InChI=1S/C15H30O3/c1-4-5-6-7-8-9-10-11-12-14(16)15(17)18-13(2)3/h13-14,16H,4-12H2,1-3H3/t14-/m0/s1. The number of hydrogen-bond donors (Lipinski definition) is 1. The van der Waals surface area contributed by atoms with Crippen LogP contribution in [-0.4, -0.2) is 23.3 Å². The Kier molecular flexibility index (Phi) is 11.2. The molecule has 0 aliphatic heterocycles. The minimum atomic E-state index is -0.938. The summed E-state index contributed by atoms with van der Waals surface area (Å²) in [7, 11) is 0. The second-order valence-corrected chi connectivity index (χ2v) is 5.26. The van der Waals surface area contributed by atoms with E-state index in [1.54, 1.807) is 13.8 Å². The molecule has 0 aliphatic carbocycles. The maximum atomic E-state index is 11.3. The first kappa shape index (κ1) is 17.4. The van der Waals surface area contributed by atoms with Gasteiger partial charge in [-0.15, -0.1) is 0 Å². The lowest BCUT2D eigenvalue weighted by Gasteiger charge is -2.12. The van der Waals surface area contributed by atoms with Crippen LogP contribution in [0.3, 0.4) is 0 Å². The summed E-state index contributed by atoms with van der Waals surface area (Å²) < 4.78 is 4.95. The third kappa shape index (κ3) is 10.6. The minimum Gasteiger partial charge on any atom is -0.461 e. The molecule has 0 aliphatic rings. The number of unbranched alkanes of at least 4 members (excludes halogenated alkanes) is 7. The summed E-state index contributed by atoms with van der Waals surface area (Å²) in [6.07, 6.45) is 9.18. The Hall–Kier alpha value is -0.570. The number of aliphatic hydroxyl groups is 1. The van der Waals surface area contributed by atoms with E-state index in [1.165, 1.54) is 38.5 Å². The highest BCUT2D eigenvalue weighted by molar-refractivity contribution is 5.74. The van der Waals surface area contributed by atoms with Gasteiger partial charge in [0.25, 0.3) is 0 Å². The normalized spacial score (nSPS) is 12.7. The van der Waals surface area contributed by atoms with Crippen LogP contribution in [0.2, 0.25) is 0 Å². The van der Waals surface area contributed by atoms with E-state index in [1.807, 2.05) is 0 Å². The first-order valence-corrected chi connectivity index (χ1v) is 7.46. The molecule has 0 fully saturated rings. The maximum absolute atomic E-state index is 11.3. The smallest absolute Gasteiger partial charge is 0.335 e. The fourth-order valence-corrected chi connectivity index (χ4v) is 1.90. The highest BCUT2D eigenvalue weighted by atomic mass is 16.6. The molecule has 3 heteroatoms. The van der Waals surface area contributed by atoms with Crippen molar-refractivity contribution in [1.29, 1.82) is 0 Å². The Morgan fingerprint density at radius 2 is 1.50 bits per heavy atom. The van der Waals surface area contributed by atoms with E-state index in [2.05, 4.69) is 6.92 Å². The number of aliphatic hydroxyl groups excluding tert-OH is 1. The molecule has 0 bridgehead atoms. The van der Waals surface area contributed by atoms with Crippen LogP contribution < -0.4 is 0 Å². The van der Waals surface area contributed by atoms with Gasteiger partial charge >= 0.3 is 5.97 Å². The van der Waals surface area contributed by atoms with E-state index in [4.69, 9.17) is 4.74 Å². The van der Waals surface area contributed by atoms with Crippen LogP contribution in [0.15, 0.2) is 0 Å². The third-order valence-electron chi connectivity index (χ3n) is 2.96. The van der Waals surface area contributed by atoms with Gasteiger partial charge in [-0.1, -0.05) is 58.3 Å². The molecule has 0 aromatic carbocycles. The second kappa shape index (κ2) is 11.5. The fraction of sp³-hybridized carbons (Fsp3) is 0.933. The van der Waals surface area contributed by atoms with Crippen molar-refractivity contribution >= 4 is 5.97 Å². The molecule has 1 N–H and O–H groups in total. The summed E-state index contributed by atoms with van der Waals surface area (Å²) in [5, 5.41) is 9.56. The van der Waals surface area contributed by atoms with Gasteiger partial charge in [-0.2, -0.15) is 0 Å². The minimum absolute atomic E-state index is 0.147. The van der Waals surface area contributed by atoms with Gasteiger partial charge in [0.2, 0.25) is 0 Å². The van der Waals surface area contributed by atoms with Crippen LogP contribution in [0.25, 0.3) is 0 Å². The van der Waals surface area contributed by atoms with E-state index < -0.39 is 12.1 Å². The highest BCUT2D eigenvalue weighted by Crippen LogP contribution is 2.11. The zero-order chi connectivity index (χ0) is 13.8. The molecule has 0 saturated heterocycles. The molecule has 0 aromatic heterocycles. The van der Waals surface area contributed by atoms with E-state index in [9.17, 15) is 9.90 Å². The molecular formula is C15H30O3. The van der Waals surface area contributed by atoms with Crippen molar-refractivity contribution in [3.8, 4) is 0 Å². The number of carbonyl (C=O) groups is 1. The van der Waals surface area contributed by atoms with E-state index in [-0.39, 0.29) is 6.10 Å². The lowest BCUT2D eigenvalue weighted by Crippen LogP contribution is -2.25. The molecule has 108 valence electrons. The molecule has 0 unspecified atom stereocenters. The summed E-state index contributed by atoms with van der Waals surface area (Å²) in [4.78, 5) is 11.3. The third-order valence-corrected chi connectivity index (χ3v) is 2.96. The average Bonchev–Trinajstić information content (AvgIpc) is 2.31. The van der Waals surface area contributed by atoms with Crippen LogP contribution >= 0.6 is 0 Å². The summed E-state index contributed by atoms with van der Waals surface area (Å²) in [5.41, 5.74) is 0. The Morgan fingerprint density at radius 3 is 2.00 bits per heavy atom. The fourth-order valence-electron chi connectivity index (χ4n) is 1.90. The molecule has 1 atom stereocenters. The Bertz CT molecular complexity index is 202. The molecule has 0 spiro atoms. The summed E-state index contributed by atoms with van der Waals surface area (Å²) >= 11 is 0.